The van der Waals surface area contributed by atoms with E-state index in [0.29, 0.717) is 6.04 Å². The van der Waals surface area contributed by atoms with E-state index in [2.05, 4.69) is 17.3 Å². The minimum Gasteiger partial charge on any atom is -0.317 e. The summed E-state index contributed by atoms with van der Waals surface area (Å²) >= 11 is 5.81. The van der Waals surface area contributed by atoms with Crippen LogP contribution in [0.4, 0.5) is 4.39 Å². The van der Waals surface area contributed by atoms with E-state index in [1.807, 2.05) is 6.07 Å². The summed E-state index contributed by atoms with van der Waals surface area (Å²) in [5, 5.41) is 3.63. The quantitative estimate of drug-likeness (QED) is 0.920. The minimum absolute atomic E-state index is 0. The smallest absolute Gasteiger partial charge is 0.141 e. The van der Waals surface area contributed by atoms with E-state index < -0.39 is 0 Å². The average molecular weight is 307 g/mol. The first-order valence-corrected chi connectivity index (χ1v) is 6.89. The van der Waals surface area contributed by atoms with Crippen LogP contribution < -0.4 is 5.32 Å². The molecule has 1 N–H and O–H groups in total. The Hall–Kier alpha value is -0.350. The van der Waals surface area contributed by atoms with Crippen LogP contribution in [0.5, 0.6) is 0 Å². The highest BCUT2D eigenvalue weighted by atomic mass is 35.5. The van der Waals surface area contributed by atoms with Crippen LogP contribution in [0.3, 0.4) is 0 Å². The number of hydrogen-bond donors (Lipinski definition) is 1. The molecule has 1 aromatic carbocycles. The zero-order valence-corrected chi connectivity index (χ0v) is 12.7. The molecule has 2 rings (SSSR count). The third-order valence-corrected chi connectivity index (χ3v) is 3.87. The summed E-state index contributed by atoms with van der Waals surface area (Å²) < 4.78 is 13.1. The Balaban J connectivity index is 0.00000180. The van der Waals surface area contributed by atoms with Crippen LogP contribution in [0.15, 0.2) is 18.2 Å². The van der Waals surface area contributed by atoms with Gasteiger partial charge < -0.3 is 5.32 Å². The van der Waals surface area contributed by atoms with Gasteiger partial charge in [-0.1, -0.05) is 17.7 Å². The summed E-state index contributed by atoms with van der Waals surface area (Å²) in [6.45, 7) is 3.02. The number of hydrogen-bond acceptors (Lipinski definition) is 2. The van der Waals surface area contributed by atoms with Crippen LogP contribution in [0.2, 0.25) is 5.02 Å². The van der Waals surface area contributed by atoms with Crippen molar-refractivity contribution in [2.75, 3.05) is 20.1 Å². The maximum Gasteiger partial charge on any atom is 0.141 e. The molecule has 0 spiro atoms. The van der Waals surface area contributed by atoms with Crippen molar-refractivity contribution >= 4 is 24.0 Å². The van der Waals surface area contributed by atoms with Crippen molar-refractivity contribution in [3.05, 3.63) is 34.6 Å². The second kappa shape index (κ2) is 8.05. The normalized spacial score (nSPS) is 19.9. The molecule has 1 aliphatic rings. The maximum absolute atomic E-state index is 13.1. The Kier molecular flexibility index (Phi) is 7.08. The molecule has 1 aliphatic heterocycles. The molecule has 2 nitrogen and oxygen atoms in total. The monoisotopic (exact) mass is 306 g/mol. The van der Waals surface area contributed by atoms with Crippen LogP contribution in [-0.4, -0.2) is 31.1 Å². The van der Waals surface area contributed by atoms with Gasteiger partial charge in [0.25, 0.3) is 0 Å². The van der Waals surface area contributed by atoms with Gasteiger partial charge in [0.15, 0.2) is 0 Å². The lowest BCUT2D eigenvalue weighted by Gasteiger charge is -2.26. The fourth-order valence-corrected chi connectivity index (χ4v) is 2.70. The highest BCUT2D eigenvalue weighted by Crippen LogP contribution is 2.19. The fourth-order valence-electron chi connectivity index (χ4n) is 2.50. The molecule has 1 saturated heterocycles. The van der Waals surface area contributed by atoms with E-state index in [1.165, 1.54) is 25.3 Å². The van der Waals surface area contributed by atoms with Crippen molar-refractivity contribution in [1.29, 1.82) is 0 Å². The van der Waals surface area contributed by atoms with Crippen molar-refractivity contribution < 1.29 is 4.39 Å². The van der Waals surface area contributed by atoms with Crippen molar-refractivity contribution in [2.24, 2.45) is 0 Å². The van der Waals surface area contributed by atoms with Crippen molar-refractivity contribution in [3.8, 4) is 0 Å². The summed E-state index contributed by atoms with van der Waals surface area (Å²) in [4.78, 5) is 2.34. The third-order valence-electron chi connectivity index (χ3n) is 3.58. The van der Waals surface area contributed by atoms with Gasteiger partial charge in [-0.25, -0.2) is 4.39 Å². The zero-order valence-electron chi connectivity index (χ0n) is 11.2. The van der Waals surface area contributed by atoms with Gasteiger partial charge in [0.05, 0.1) is 5.02 Å². The Labute approximate surface area is 125 Å². The van der Waals surface area contributed by atoms with Crippen LogP contribution in [0.1, 0.15) is 24.8 Å². The standard InChI is InChI=1S/C14H20ClFN2.ClH/c1-18(12-3-2-7-17-8-6-12)10-11-4-5-14(16)13(15)9-11;/h4-5,9,12,17H,2-3,6-8,10H2,1H3;1H. The first-order chi connectivity index (χ1) is 8.66. The van der Waals surface area contributed by atoms with Crippen molar-refractivity contribution in [3.63, 3.8) is 0 Å². The summed E-state index contributed by atoms with van der Waals surface area (Å²) in [5.41, 5.74) is 1.07. The number of nitrogens with one attached hydrogen (secondary N) is 1. The highest BCUT2D eigenvalue weighted by Gasteiger charge is 2.16. The van der Waals surface area contributed by atoms with E-state index in [1.54, 1.807) is 6.07 Å². The van der Waals surface area contributed by atoms with E-state index >= 15 is 0 Å². The number of benzene rings is 1. The molecule has 1 unspecified atom stereocenters. The number of rotatable bonds is 3. The van der Waals surface area contributed by atoms with Gasteiger partial charge in [-0.05, 0) is 57.1 Å². The summed E-state index contributed by atoms with van der Waals surface area (Å²) in [5.74, 6) is -0.346. The van der Waals surface area contributed by atoms with Crippen molar-refractivity contribution in [2.45, 2.75) is 31.8 Å². The first-order valence-electron chi connectivity index (χ1n) is 6.51. The van der Waals surface area contributed by atoms with Gasteiger partial charge in [0, 0.05) is 12.6 Å². The molecule has 0 aliphatic carbocycles. The SMILES string of the molecule is CN(Cc1ccc(F)c(Cl)c1)C1CCCNCC1.Cl. The molecular formula is C14H21Cl2FN2. The highest BCUT2D eigenvalue weighted by molar-refractivity contribution is 6.30. The van der Waals surface area contributed by atoms with Gasteiger partial charge >= 0.3 is 0 Å². The van der Waals surface area contributed by atoms with E-state index in [4.69, 9.17) is 11.6 Å². The Morgan fingerprint density at radius 3 is 2.89 bits per heavy atom. The molecule has 1 heterocycles. The molecule has 1 aromatic rings. The molecule has 0 amide bonds. The summed E-state index contributed by atoms with van der Waals surface area (Å²) in [7, 11) is 2.13. The lowest BCUT2D eigenvalue weighted by atomic mass is 10.1. The summed E-state index contributed by atoms with van der Waals surface area (Å²) in [6, 6.07) is 5.58. The van der Waals surface area contributed by atoms with Gasteiger partial charge in [0.1, 0.15) is 5.82 Å². The maximum atomic E-state index is 13.1. The number of nitrogens with zero attached hydrogens (tertiary/aromatic N) is 1. The molecule has 0 aromatic heterocycles. The Bertz CT molecular complexity index is 393. The van der Waals surface area contributed by atoms with Crippen LogP contribution >= 0.6 is 24.0 Å². The Morgan fingerprint density at radius 2 is 2.16 bits per heavy atom. The number of halogens is 3. The fraction of sp³-hybridized carbons (Fsp3) is 0.571. The lowest BCUT2D eigenvalue weighted by Crippen LogP contribution is -2.32. The second-order valence-corrected chi connectivity index (χ2v) is 5.41. The first kappa shape index (κ1) is 16.7. The molecule has 0 radical (unpaired) electrons. The van der Waals surface area contributed by atoms with E-state index in [9.17, 15) is 4.39 Å². The molecule has 0 saturated carbocycles. The van der Waals surface area contributed by atoms with Gasteiger partial charge in [0.2, 0.25) is 0 Å². The molecule has 1 fully saturated rings. The summed E-state index contributed by atoms with van der Waals surface area (Å²) in [6.07, 6.45) is 3.61. The second-order valence-electron chi connectivity index (χ2n) is 5.00. The third kappa shape index (κ3) is 4.92. The largest absolute Gasteiger partial charge is 0.317 e. The van der Waals surface area contributed by atoms with E-state index in [0.717, 1.165) is 25.2 Å². The molecule has 0 bridgehead atoms. The Morgan fingerprint density at radius 1 is 1.37 bits per heavy atom. The van der Waals surface area contributed by atoms with Crippen molar-refractivity contribution in [1.82, 2.24) is 10.2 Å². The van der Waals surface area contributed by atoms with Gasteiger partial charge in [-0.15, -0.1) is 12.4 Å². The predicted octanol–water partition coefficient (Wildman–Crippen LogP) is 3.47. The molecule has 1 atom stereocenters. The zero-order chi connectivity index (χ0) is 13.0. The average Bonchev–Trinajstić information content (AvgIpc) is 2.62. The lowest BCUT2D eigenvalue weighted by molar-refractivity contribution is 0.216. The predicted molar refractivity (Wildman–Crippen MR) is 80.6 cm³/mol. The van der Waals surface area contributed by atoms with Crippen LogP contribution in [-0.2, 0) is 6.54 Å². The van der Waals surface area contributed by atoms with E-state index in [-0.39, 0.29) is 23.2 Å². The van der Waals surface area contributed by atoms with Gasteiger partial charge in [-0.2, -0.15) is 0 Å². The van der Waals surface area contributed by atoms with Crippen LogP contribution in [0.25, 0.3) is 0 Å². The van der Waals surface area contributed by atoms with Gasteiger partial charge in [-0.3, -0.25) is 4.90 Å². The molecule has 19 heavy (non-hydrogen) atoms. The molecule has 5 heteroatoms. The minimum atomic E-state index is -0.346. The molecule has 108 valence electrons. The van der Waals surface area contributed by atoms with Crippen LogP contribution in [0, 0.1) is 5.82 Å². The molecular weight excluding hydrogens is 286 g/mol. The topological polar surface area (TPSA) is 15.3 Å².